The predicted molar refractivity (Wildman–Crippen MR) is 113 cm³/mol. The fraction of sp³-hybridized carbons (Fsp3) is 0.458. The first-order chi connectivity index (χ1) is 14.1. The summed E-state index contributed by atoms with van der Waals surface area (Å²) in [5.74, 6) is -0.263. The zero-order valence-electron chi connectivity index (χ0n) is 16.8. The first-order valence-corrected chi connectivity index (χ1v) is 10.6. The Balaban J connectivity index is 1.26. The summed E-state index contributed by atoms with van der Waals surface area (Å²) in [5, 5.41) is 13.7. The molecule has 1 amide bonds. The predicted octanol–water partition coefficient (Wildman–Crippen LogP) is 2.98. The average molecular weight is 395 g/mol. The van der Waals surface area contributed by atoms with E-state index in [1.165, 1.54) is 5.56 Å². The van der Waals surface area contributed by atoms with Crippen molar-refractivity contribution in [2.45, 2.75) is 43.9 Å². The maximum absolute atomic E-state index is 12.6. The number of rotatable bonds is 6. The smallest absolute Gasteiger partial charge is 0.252 e. The summed E-state index contributed by atoms with van der Waals surface area (Å²) in [6.07, 6.45) is 3.51. The third-order valence-corrected chi connectivity index (χ3v) is 6.11. The molecule has 0 aromatic heterocycles. The summed E-state index contributed by atoms with van der Waals surface area (Å²) in [4.78, 5) is 14.9. The highest BCUT2D eigenvalue weighted by atomic mass is 16.5. The molecule has 1 unspecified atom stereocenters. The van der Waals surface area contributed by atoms with Crippen LogP contribution in [-0.4, -0.2) is 53.9 Å². The van der Waals surface area contributed by atoms with Gasteiger partial charge in [-0.2, -0.15) is 0 Å². The summed E-state index contributed by atoms with van der Waals surface area (Å²) in [5.41, 5.74) is 2.08. The largest absolute Gasteiger partial charge is 0.380 e. The summed E-state index contributed by atoms with van der Waals surface area (Å²) < 4.78 is 5.70. The Morgan fingerprint density at radius 3 is 2.41 bits per heavy atom. The van der Waals surface area contributed by atoms with Gasteiger partial charge < -0.3 is 20.1 Å². The van der Waals surface area contributed by atoms with Crippen LogP contribution in [0.25, 0.3) is 11.1 Å². The third kappa shape index (κ3) is 5.04. The summed E-state index contributed by atoms with van der Waals surface area (Å²) in [7, 11) is 0. The fourth-order valence-electron chi connectivity index (χ4n) is 4.20. The molecule has 2 fully saturated rings. The van der Waals surface area contributed by atoms with E-state index in [9.17, 15) is 9.90 Å². The molecule has 0 radical (unpaired) electrons. The normalized spacial score (nSPS) is 21.8. The number of likely N-dealkylation sites (tertiary alicyclic amines) is 1. The van der Waals surface area contributed by atoms with E-state index in [1.54, 1.807) is 0 Å². The molecule has 2 aliphatic rings. The van der Waals surface area contributed by atoms with E-state index in [1.807, 2.05) is 30.3 Å². The van der Waals surface area contributed by atoms with Crippen molar-refractivity contribution >= 4 is 5.91 Å². The Kier molecular flexibility index (Phi) is 6.28. The van der Waals surface area contributed by atoms with E-state index in [0.717, 1.165) is 50.2 Å². The molecular formula is C24H30N2O3. The number of benzene rings is 2. The molecule has 4 rings (SSSR count). The van der Waals surface area contributed by atoms with Crippen LogP contribution in [0.2, 0.25) is 0 Å². The van der Waals surface area contributed by atoms with Gasteiger partial charge in [0.05, 0.1) is 6.10 Å². The van der Waals surface area contributed by atoms with Crippen molar-refractivity contribution in [3.63, 3.8) is 0 Å². The van der Waals surface area contributed by atoms with Crippen molar-refractivity contribution in [1.29, 1.82) is 0 Å². The van der Waals surface area contributed by atoms with Crippen molar-refractivity contribution in [2.75, 3.05) is 26.2 Å². The van der Waals surface area contributed by atoms with E-state index in [-0.39, 0.29) is 5.91 Å². The van der Waals surface area contributed by atoms with Gasteiger partial charge in [0.1, 0.15) is 5.60 Å². The number of hydrogen-bond acceptors (Lipinski definition) is 4. The number of hydrogen-bond donors (Lipinski definition) is 2. The van der Waals surface area contributed by atoms with Crippen molar-refractivity contribution in [3.8, 4) is 11.1 Å². The molecule has 2 saturated heterocycles. The van der Waals surface area contributed by atoms with Crippen LogP contribution in [0.1, 0.15) is 31.2 Å². The van der Waals surface area contributed by atoms with Gasteiger partial charge in [0.25, 0.3) is 5.91 Å². The van der Waals surface area contributed by atoms with Crippen LogP contribution in [-0.2, 0) is 16.1 Å². The molecule has 2 aromatic rings. The van der Waals surface area contributed by atoms with Crippen molar-refractivity contribution in [3.05, 3.63) is 60.2 Å². The topological polar surface area (TPSA) is 61.8 Å². The van der Waals surface area contributed by atoms with Gasteiger partial charge in [0, 0.05) is 32.8 Å². The molecule has 0 spiro atoms. The second-order valence-corrected chi connectivity index (χ2v) is 8.21. The van der Waals surface area contributed by atoms with Crippen LogP contribution in [0.4, 0.5) is 0 Å². The van der Waals surface area contributed by atoms with Crippen LogP contribution in [0.3, 0.4) is 0 Å². The van der Waals surface area contributed by atoms with E-state index in [0.29, 0.717) is 25.5 Å². The average Bonchev–Trinajstić information content (AvgIpc) is 3.28. The lowest BCUT2D eigenvalue weighted by Gasteiger charge is -2.37. The second-order valence-electron chi connectivity index (χ2n) is 8.21. The van der Waals surface area contributed by atoms with Crippen LogP contribution in [0.15, 0.2) is 54.6 Å². The Hall–Kier alpha value is -2.21. The van der Waals surface area contributed by atoms with Crippen LogP contribution in [0, 0.1) is 0 Å². The minimum atomic E-state index is -1.27. The van der Waals surface area contributed by atoms with E-state index in [2.05, 4.69) is 34.5 Å². The van der Waals surface area contributed by atoms with Gasteiger partial charge in [0.2, 0.25) is 0 Å². The van der Waals surface area contributed by atoms with Gasteiger partial charge in [-0.1, -0.05) is 54.6 Å². The van der Waals surface area contributed by atoms with Gasteiger partial charge in [-0.3, -0.25) is 4.79 Å². The molecule has 5 nitrogen and oxygen atoms in total. The Morgan fingerprint density at radius 2 is 1.76 bits per heavy atom. The number of aliphatic hydroxyl groups is 1. The highest BCUT2D eigenvalue weighted by Gasteiger charge is 2.39. The van der Waals surface area contributed by atoms with Gasteiger partial charge in [-0.25, -0.2) is 0 Å². The van der Waals surface area contributed by atoms with E-state index >= 15 is 0 Å². The number of carbonyl (C=O) groups excluding carboxylic acids is 1. The number of carbonyl (C=O) groups is 1. The minimum absolute atomic E-state index is 0.263. The monoisotopic (exact) mass is 394 g/mol. The Bertz CT molecular complexity index is 793. The fourth-order valence-corrected chi connectivity index (χ4v) is 4.20. The second kappa shape index (κ2) is 9.08. The molecule has 29 heavy (non-hydrogen) atoms. The standard InChI is InChI=1S/C24H30N2O3/c27-23(24(28)12-14-26(15-13-24)18-22-7-4-16-29-22)25-17-19-8-10-21(11-9-19)20-5-2-1-3-6-20/h1-3,5-6,8-11,22,28H,4,7,12-18H2,(H,25,27). The SMILES string of the molecule is O=C(NCc1ccc(-c2ccccc2)cc1)C1(O)CCN(CC2CCCO2)CC1. The lowest BCUT2D eigenvalue weighted by molar-refractivity contribution is -0.145. The molecule has 1 atom stereocenters. The van der Waals surface area contributed by atoms with E-state index < -0.39 is 5.60 Å². The maximum Gasteiger partial charge on any atom is 0.252 e. The molecule has 2 N–H and O–H groups in total. The number of nitrogens with one attached hydrogen (secondary N) is 1. The van der Waals surface area contributed by atoms with Crippen LogP contribution < -0.4 is 5.32 Å². The Labute approximate surface area is 172 Å². The summed E-state index contributed by atoms with van der Waals surface area (Å²) >= 11 is 0. The molecular weight excluding hydrogens is 364 g/mol. The molecule has 0 saturated carbocycles. The molecule has 2 aliphatic heterocycles. The van der Waals surface area contributed by atoms with Gasteiger partial charge in [-0.05, 0) is 42.4 Å². The summed E-state index contributed by atoms with van der Waals surface area (Å²) in [6.45, 7) is 3.66. The van der Waals surface area contributed by atoms with Crippen LogP contribution >= 0.6 is 0 Å². The lowest BCUT2D eigenvalue weighted by atomic mass is 9.90. The Morgan fingerprint density at radius 1 is 1.07 bits per heavy atom. The molecule has 0 bridgehead atoms. The quantitative estimate of drug-likeness (QED) is 0.791. The minimum Gasteiger partial charge on any atom is -0.380 e. The molecule has 2 heterocycles. The molecule has 0 aliphatic carbocycles. The molecule has 154 valence electrons. The van der Waals surface area contributed by atoms with Crippen LogP contribution in [0.5, 0.6) is 0 Å². The van der Waals surface area contributed by atoms with E-state index in [4.69, 9.17) is 4.74 Å². The summed E-state index contributed by atoms with van der Waals surface area (Å²) in [6, 6.07) is 18.4. The van der Waals surface area contributed by atoms with Crippen molar-refractivity contribution < 1.29 is 14.6 Å². The first-order valence-electron chi connectivity index (χ1n) is 10.6. The third-order valence-electron chi connectivity index (χ3n) is 6.11. The molecule has 2 aromatic carbocycles. The number of ether oxygens (including phenoxy) is 1. The maximum atomic E-state index is 12.6. The number of amides is 1. The van der Waals surface area contributed by atoms with Crippen molar-refractivity contribution in [2.24, 2.45) is 0 Å². The number of piperidine rings is 1. The lowest BCUT2D eigenvalue weighted by Crippen LogP contribution is -2.54. The van der Waals surface area contributed by atoms with Crippen molar-refractivity contribution in [1.82, 2.24) is 10.2 Å². The van der Waals surface area contributed by atoms with Gasteiger partial charge >= 0.3 is 0 Å². The number of nitrogens with zero attached hydrogens (tertiary/aromatic N) is 1. The highest BCUT2D eigenvalue weighted by molar-refractivity contribution is 5.85. The zero-order chi connectivity index (χ0) is 20.1. The zero-order valence-corrected chi connectivity index (χ0v) is 16.8. The van der Waals surface area contributed by atoms with Gasteiger partial charge in [0.15, 0.2) is 0 Å². The highest BCUT2D eigenvalue weighted by Crippen LogP contribution is 2.24. The molecule has 5 heteroatoms. The first kappa shape index (κ1) is 20.1. The van der Waals surface area contributed by atoms with Gasteiger partial charge in [-0.15, -0.1) is 0 Å².